The summed E-state index contributed by atoms with van der Waals surface area (Å²) >= 11 is 5.99. The molecule has 3 nitrogen and oxygen atoms in total. The number of para-hydroxylation sites is 1. The normalized spacial score (nSPS) is 10.7. The molecule has 0 saturated carbocycles. The highest BCUT2D eigenvalue weighted by molar-refractivity contribution is 6.33. The van der Waals surface area contributed by atoms with Crippen molar-refractivity contribution in [3.05, 3.63) is 64.9 Å². The molecule has 0 aliphatic rings. The van der Waals surface area contributed by atoms with Gasteiger partial charge in [0.05, 0.1) is 10.7 Å². The number of nitrogens with one attached hydrogen (secondary N) is 1. The van der Waals surface area contributed by atoms with Crippen LogP contribution in [0, 0.1) is 5.82 Å². The Bertz CT molecular complexity index is 648. The van der Waals surface area contributed by atoms with Gasteiger partial charge in [0.25, 0.3) is 0 Å². The summed E-state index contributed by atoms with van der Waals surface area (Å²) in [5.74, 6) is -0.346. The fourth-order valence-corrected chi connectivity index (χ4v) is 2.28. The van der Waals surface area contributed by atoms with Crippen molar-refractivity contribution >= 4 is 23.2 Å². The van der Waals surface area contributed by atoms with Crippen LogP contribution < -0.4 is 5.32 Å². The van der Waals surface area contributed by atoms with Gasteiger partial charge in [-0.1, -0.05) is 35.9 Å². The Morgan fingerprint density at radius 1 is 1.23 bits per heavy atom. The summed E-state index contributed by atoms with van der Waals surface area (Å²) in [6.07, 6.45) is 0.344. The molecule has 0 aliphatic heterocycles. The molecule has 0 saturated heterocycles. The molecule has 2 rings (SSSR count). The van der Waals surface area contributed by atoms with Gasteiger partial charge < -0.3 is 10.2 Å². The van der Waals surface area contributed by atoms with Crippen molar-refractivity contribution in [1.29, 1.82) is 0 Å². The first-order valence-electron chi connectivity index (χ1n) is 7.02. The molecule has 0 fully saturated rings. The lowest BCUT2D eigenvalue weighted by Gasteiger charge is -2.16. The molecule has 0 radical (unpaired) electrons. The van der Waals surface area contributed by atoms with Crippen LogP contribution in [-0.2, 0) is 11.3 Å². The molecule has 5 heteroatoms. The van der Waals surface area contributed by atoms with E-state index in [2.05, 4.69) is 5.32 Å². The summed E-state index contributed by atoms with van der Waals surface area (Å²) < 4.78 is 13.1. The minimum Gasteiger partial charge on any atom is -0.325 e. The molecule has 0 unspecified atom stereocenters. The molecular formula is C17H18ClFN2O. The van der Waals surface area contributed by atoms with Crippen molar-refractivity contribution in [3.63, 3.8) is 0 Å². The average molecular weight is 321 g/mol. The SMILES string of the molecule is CN(CCC(=O)Nc1ccccc1Cl)Cc1cccc(F)c1. The molecule has 0 heterocycles. The van der Waals surface area contributed by atoms with E-state index in [0.717, 1.165) is 5.56 Å². The molecule has 0 aliphatic carbocycles. The first-order chi connectivity index (χ1) is 10.5. The highest BCUT2D eigenvalue weighted by Crippen LogP contribution is 2.20. The zero-order chi connectivity index (χ0) is 15.9. The highest BCUT2D eigenvalue weighted by atomic mass is 35.5. The predicted molar refractivity (Wildman–Crippen MR) is 87.4 cm³/mol. The monoisotopic (exact) mass is 320 g/mol. The van der Waals surface area contributed by atoms with Crippen LogP contribution in [0.5, 0.6) is 0 Å². The lowest BCUT2D eigenvalue weighted by atomic mass is 10.2. The van der Waals surface area contributed by atoms with E-state index in [0.29, 0.717) is 30.2 Å². The number of halogens is 2. The maximum absolute atomic E-state index is 13.1. The van der Waals surface area contributed by atoms with Crippen molar-refractivity contribution < 1.29 is 9.18 Å². The second kappa shape index (κ2) is 7.92. The Morgan fingerprint density at radius 3 is 2.73 bits per heavy atom. The van der Waals surface area contributed by atoms with Crippen molar-refractivity contribution in [2.45, 2.75) is 13.0 Å². The Hall–Kier alpha value is -1.91. The molecule has 0 spiro atoms. The van der Waals surface area contributed by atoms with E-state index in [1.165, 1.54) is 12.1 Å². The fourth-order valence-electron chi connectivity index (χ4n) is 2.09. The van der Waals surface area contributed by atoms with E-state index in [-0.39, 0.29) is 11.7 Å². The van der Waals surface area contributed by atoms with Gasteiger partial charge in [-0.25, -0.2) is 4.39 Å². The maximum Gasteiger partial charge on any atom is 0.225 e. The number of rotatable bonds is 6. The van der Waals surface area contributed by atoms with Gasteiger partial charge in [0.2, 0.25) is 5.91 Å². The standard InChI is InChI=1S/C17H18ClFN2O/c1-21(12-13-5-4-6-14(19)11-13)10-9-17(22)20-16-8-3-2-7-15(16)18/h2-8,11H,9-10,12H2,1H3,(H,20,22). The van der Waals surface area contributed by atoms with Gasteiger partial charge in [0.15, 0.2) is 0 Å². The first-order valence-corrected chi connectivity index (χ1v) is 7.40. The zero-order valence-electron chi connectivity index (χ0n) is 12.4. The Balaban J connectivity index is 1.79. The number of benzene rings is 2. The molecule has 2 aromatic carbocycles. The number of amides is 1. The summed E-state index contributed by atoms with van der Waals surface area (Å²) in [7, 11) is 1.90. The number of nitrogens with zero attached hydrogens (tertiary/aromatic N) is 1. The predicted octanol–water partition coefficient (Wildman–Crippen LogP) is 3.94. The van der Waals surface area contributed by atoms with Crippen molar-refractivity contribution in [1.82, 2.24) is 4.90 Å². The largest absolute Gasteiger partial charge is 0.325 e. The van der Waals surface area contributed by atoms with Crippen LogP contribution in [0.3, 0.4) is 0 Å². The van der Waals surface area contributed by atoms with Crippen LogP contribution in [0.1, 0.15) is 12.0 Å². The van der Waals surface area contributed by atoms with Crippen molar-refractivity contribution in [2.75, 3.05) is 18.9 Å². The van der Waals surface area contributed by atoms with E-state index < -0.39 is 0 Å². The summed E-state index contributed by atoms with van der Waals surface area (Å²) in [5, 5.41) is 3.30. The van der Waals surface area contributed by atoms with Crippen molar-refractivity contribution in [2.24, 2.45) is 0 Å². The van der Waals surface area contributed by atoms with Gasteiger partial charge in [0.1, 0.15) is 5.82 Å². The minimum absolute atomic E-state index is 0.0980. The summed E-state index contributed by atoms with van der Waals surface area (Å²) in [5.41, 5.74) is 1.50. The summed E-state index contributed by atoms with van der Waals surface area (Å²) in [6.45, 7) is 1.17. The quantitative estimate of drug-likeness (QED) is 0.874. The third-order valence-electron chi connectivity index (χ3n) is 3.21. The van der Waals surface area contributed by atoms with Crippen LogP contribution in [0.4, 0.5) is 10.1 Å². The number of anilines is 1. The van der Waals surface area contributed by atoms with E-state index in [1.807, 2.05) is 30.1 Å². The molecule has 1 amide bonds. The fraction of sp³-hybridized carbons (Fsp3) is 0.235. The Morgan fingerprint density at radius 2 is 2.00 bits per heavy atom. The summed E-state index contributed by atoms with van der Waals surface area (Å²) in [4.78, 5) is 13.9. The Kier molecular flexibility index (Phi) is 5.92. The third kappa shape index (κ3) is 5.13. The van der Waals surface area contributed by atoms with E-state index in [1.54, 1.807) is 18.2 Å². The van der Waals surface area contributed by atoms with Gasteiger partial charge in [-0.3, -0.25) is 4.79 Å². The minimum atomic E-state index is -0.248. The number of hydrogen-bond acceptors (Lipinski definition) is 2. The molecular weight excluding hydrogens is 303 g/mol. The van der Waals surface area contributed by atoms with Crippen LogP contribution in [-0.4, -0.2) is 24.4 Å². The van der Waals surface area contributed by atoms with E-state index in [4.69, 9.17) is 11.6 Å². The molecule has 2 aromatic rings. The molecule has 0 aromatic heterocycles. The topological polar surface area (TPSA) is 32.3 Å². The Labute approximate surface area is 134 Å². The second-order valence-electron chi connectivity index (χ2n) is 5.15. The number of hydrogen-bond donors (Lipinski definition) is 1. The van der Waals surface area contributed by atoms with E-state index >= 15 is 0 Å². The zero-order valence-corrected chi connectivity index (χ0v) is 13.1. The number of carbonyl (C=O) groups excluding carboxylic acids is 1. The van der Waals surface area contributed by atoms with Crippen LogP contribution in [0.25, 0.3) is 0 Å². The molecule has 0 atom stereocenters. The third-order valence-corrected chi connectivity index (χ3v) is 3.54. The van der Waals surface area contributed by atoms with Gasteiger partial charge in [-0.05, 0) is 36.9 Å². The molecule has 0 bridgehead atoms. The lowest BCUT2D eigenvalue weighted by molar-refractivity contribution is -0.116. The van der Waals surface area contributed by atoms with E-state index in [9.17, 15) is 9.18 Å². The average Bonchev–Trinajstić information content (AvgIpc) is 2.48. The molecule has 22 heavy (non-hydrogen) atoms. The first kappa shape index (κ1) is 16.5. The van der Waals surface area contributed by atoms with Crippen LogP contribution in [0.15, 0.2) is 48.5 Å². The van der Waals surface area contributed by atoms with Gasteiger partial charge in [-0.15, -0.1) is 0 Å². The van der Waals surface area contributed by atoms with Gasteiger partial charge in [0, 0.05) is 19.5 Å². The van der Waals surface area contributed by atoms with Crippen LogP contribution >= 0.6 is 11.6 Å². The number of carbonyl (C=O) groups is 1. The molecule has 116 valence electrons. The molecule has 1 N–H and O–H groups in total. The maximum atomic E-state index is 13.1. The lowest BCUT2D eigenvalue weighted by Crippen LogP contribution is -2.24. The van der Waals surface area contributed by atoms with Gasteiger partial charge >= 0.3 is 0 Å². The highest BCUT2D eigenvalue weighted by Gasteiger charge is 2.08. The van der Waals surface area contributed by atoms with Gasteiger partial charge in [-0.2, -0.15) is 0 Å². The second-order valence-corrected chi connectivity index (χ2v) is 5.55. The van der Waals surface area contributed by atoms with Crippen LogP contribution in [0.2, 0.25) is 5.02 Å². The smallest absolute Gasteiger partial charge is 0.225 e. The summed E-state index contributed by atoms with van der Waals surface area (Å²) in [6, 6.07) is 13.6. The van der Waals surface area contributed by atoms with Crippen molar-refractivity contribution in [3.8, 4) is 0 Å².